The average molecular weight is 217 g/mol. The average Bonchev–Trinajstić information content (AvgIpc) is 2.74. The van der Waals surface area contributed by atoms with E-state index in [9.17, 15) is 0 Å². The minimum absolute atomic E-state index is 0.336. The Kier molecular flexibility index (Phi) is 3.05. The van der Waals surface area contributed by atoms with Crippen molar-refractivity contribution in [1.29, 1.82) is 0 Å². The Hall–Kier alpha value is -2.04. The van der Waals surface area contributed by atoms with Crippen molar-refractivity contribution >= 4 is 11.6 Å². The predicted octanol–water partition coefficient (Wildman–Crippen LogP) is 1.88. The van der Waals surface area contributed by atoms with Crippen molar-refractivity contribution in [2.45, 2.75) is 13.3 Å². The monoisotopic (exact) mass is 217 g/mol. The molecule has 84 valence electrons. The van der Waals surface area contributed by atoms with Crippen LogP contribution >= 0.6 is 0 Å². The lowest BCUT2D eigenvalue weighted by Crippen LogP contribution is -1.98. The first kappa shape index (κ1) is 10.5. The van der Waals surface area contributed by atoms with E-state index < -0.39 is 0 Å². The summed E-state index contributed by atoms with van der Waals surface area (Å²) in [5.41, 5.74) is 7.56. The molecule has 0 unspecified atom stereocenters. The highest BCUT2D eigenvalue weighted by atomic mass is 15.3. The van der Waals surface area contributed by atoms with Crippen molar-refractivity contribution in [1.82, 2.24) is 15.2 Å². The molecule has 0 aliphatic heterocycles. The molecule has 1 aromatic carbocycles. The third-order valence-electron chi connectivity index (χ3n) is 2.24. The molecule has 0 radical (unpaired) electrons. The van der Waals surface area contributed by atoms with Gasteiger partial charge in [0.05, 0.1) is 0 Å². The molecule has 5 heteroatoms. The molecule has 2 aromatic rings. The van der Waals surface area contributed by atoms with Gasteiger partial charge in [-0.25, -0.2) is 0 Å². The molecule has 1 aromatic heterocycles. The Labute approximate surface area is 94.1 Å². The molecule has 0 amide bonds. The summed E-state index contributed by atoms with van der Waals surface area (Å²) in [5, 5.41) is 11.0. The van der Waals surface area contributed by atoms with E-state index in [1.54, 1.807) is 0 Å². The number of H-pyrrole nitrogens is 1. The number of nitrogens with zero attached hydrogens (tertiary/aromatic N) is 2. The van der Waals surface area contributed by atoms with Crippen molar-refractivity contribution in [3.05, 3.63) is 24.3 Å². The summed E-state index contributed by atoms with van der Waals surface area (Å²) in [4.78, 5) is 2.89. The molecule has 1 heterocycles. The van der Waals surface area contributed by atoms with Gasteiger partial charge >= 0.3 is 0 Å². The number of benzene rings is 1. The van der Waals surface area contributed by atoms with Crippen LogP contribution in [0.2, 0.25) is 0 Å². The van der Waals surface area contributed by atoms with E-state index in [0.29, 0.717) is 11.8 Å². The van der Waals surface area contributed by atoms with E-state index in [4.69, 9.17) is 5.73 Å². The van der Waals surface area contributed by atoms with Crippen molar-refractivity contribution in [2.24, 2.45) is 0 Å². The highest BCUT2D eigenvalue weighted by Crippen LogP contribution is 2.18. The van der Waals surface area contributed by atoms with Crippen LogP contribution in [0.25, 0.3) is 11.4 Å². The lowest BCUT2D eigenvalue weighted by atomic mass is 10.2. The van der Waals surface area contributed by atoms with Crippen LogP contribution < -0.4 is 11.1 Å². The van der Waals surface area contributed by atoms with Crippen LogP contribution in [0, 0.1) is 0 Å². The zero-order chi connectivity index (χ0) is 11.4. The number of nitrogen functional groups attached to an aromatic ring is 1. The number of hydrogen-bond acceptors (Lipinski definition) is 4. The van der Waals surface area contributed by atoms with Gasteiger partial charge in [-0.3, -0.25) is 0 Å². The van der Waals surface area contributed by atoms with Crippen LogP contribution in [0.5, 0.6) is 0 Å². The Balaban J connectivity index is 2.13. The molecule has 0 aliphatic carbocycles. The molecule has 0 bridgehead atoms. The van der Waals surface area contributed by atoms with Crippen LogP contribution in [0.3, 0.4) is 0 Å². The van der Waals surface area contributed by atoms with E-state index >= 15 is 0 Å². The van der Waals surface area contributed by atoms with Gasteiger partial charge in [-0.05, 0) is 30.7 Å². The zero-order valence-electron chi connectivity index (χ0n) is 9.20. The predicted molar refractivity (Wildman–Crippen MR) is 65.0 cm³/mol. The molecule has 0 spiro atoms. The molecule has 5 nitrogen and oxygen atoms in total. The van der Waals surface area contributed by atoms with Crippen LogP contribution in [0.4, 0.5) is 11.6 Å². The quantitative estimate of drug-likeness (QED) is 0.730. The van der Waals surface area contributed by atoms with Crippen molar-refractivity contribution in [2.75, 3.05) is 17.6 Å². The van der Waals surface area contributed by atoms with Crippen LogP contribution in [-0.2, 0) is 0 Å². The van der Waals surface area contributed by atoms with E-state index in [1.165, 1.54) is 0 Å². The van der Waals surface area contributed by atoms with E-state index in [0.717, 1.165) is 24.2 Å². The molecule has 4 N–H and O–H groups in total. The number of nitrogens with two attached hydrogens (primary N) is 1. The van der Waals surface area contributed by atoms with Gasteiger partial charge in [-0.1, -0.05) is 6.92 Å². The van der Waals surface area contributed by atoms with Gasteiger partial charge in [0.25, 0.3) is 0 Å². The number of aromatic amines is 1. The summed E-state index contributed by atoms with van der Waals surface area (Å²) in [5.74, 6) is 1.03. The SMILES string of the molecule is CCCNc1ccc(-c2nnc(N)[nH]2)cc1. The van der Waals surface area contributed by atoms with Crippen molar-refractivity contribution in [3.63, 3.8) is 0 Å². The molecule has 0 saturated heterocycles. The summed E-state index contributed by atoms with van der Waals surface area (Å²) in [6, 6.07) is 8.00. The van der Waals surface area contributed by atoms with Gasteiger partial charge < -0.3 is 16.0 Å². The minimum Gasteiger partial charge on any atom is -0.385 e. The fourth-order valence-electron chi connectivity index (χ4n) is 1.42. The van der Waals surface area contributed by atoms with Crippen LogP contribution in [-0.4, -0.2) is 21.7 Å². The first-order chi connectivity index (χ1) is 7.79. The Morgan fingerprint density at radius 3 is 2.56 bits per heavy atom. The minimum atomic E-state index is 0.336. The van der Waals surface area contributed by atoms with Crippen molar-refractivity contribution < 1.29 is 0 Å². The number of aromatic nitrogens is 3. The zero-order valence-corrected chi connectivity index (χ0v) is 9.20. The van der Waals surface area contributed by atoms with Gasteiger partial charge in [0.2, 0.25) is 5.95 Å². The summed E-state index contributed by atoms with van der Waals surface area (Å²) in [7, 11) is 0. The van der Waals surface area contributed by atoms with E-state index in [-0.39, 0.29) is 0 Å². The molecule has 0 aliphatic rings. The van der Waals surface area contributed by atoms with Gasteiger partial charge in [0.1, 0.15) is 0 Å². The maximum absolute atomic E-state index is 5.47. The van der Waals surface area contributed by atoms with Crippen LogP contribution in [0.15, 0.2) is 24.3 Å². The maximum atomic E-state index is 5.47. The third kappa shape index (κ3) is 2.31. The Bertz CT molecular complexity index is 446. The van der Waals surface area contributed by atoms with E-state index in [2.05, 4.69) is 27.4 Å². The van der Waals surface area contributed by atoms with Gasteiger partial charge in [0, 0.05) is 17.8 Å². The number of nitrogens with one attached hydrogen (secondary N) is 2. The second-order valence-corrected chi connectivity index (χ2v) is 3.56. The molecule has 0 saturated carbocycles. The second-order valence-electron chi connectivity index (χ2n) is 3.56. The van der Waals surface area contributed by atoms with Crippen LogP contribution in [0.1, 0.15) is 13.3 Å². The molecule has 0 fully saturated rings. The lowest BCUT2D eigenvalue weighted by Gasteiger charge is -2.04. The van der Waals surface area contributed by atoms with Gasteiger partial charge in [0.15, 0.2) is 5.82 Å². The fraction of sp³-hybridized carbons (Fsp3) is 0.273. The summed E-state index contributed by atoms with van der Waals surface area (Å²) in [6.45, 7) is 3.12. The highest BCUT2D eigenvalue weighted by Gasteiger charge is 2.02. The normalized spacial score (nSPS) is 10.3. The largest absolute Gasteiger partial charge is 0.385 e. The summed E-state index contributed by atoms with van der Waals surface area (Å²) < 4.78 is 0. The van der Waals surface area contributed by atoms with E-state index in [1.807, 2.05) is 24.3 Å². The summed E-state index contributed by atoms with van der Waals surface area (Å²) in [6.07, 6.45) is 1.11. The fourth-order valence-corrected chi connectivity index (χ4v) is 1.42. The Morgan fingerprint density at radius 1 is 1.25 bits per heavy atom. The highest BCUT2D eigenvalue weighted by molar-refractivity contribution is 5.60. The van der Waals surface area contributed by atoms with Gasteiger partial charge in [-0.15, -0.1) is 10.2 Å². The number of anilines is 2. The molecular weight excluding hydrogens is 202 g/mol. The molecular formula is C11H15N5. The topological polar surface area (TPSA) is 79.6 Å². The maximum Gasteiger partial charge on any atom is 0.219 e. The molecule has 0 atom stereocenters. The standard InChI is InChI=1S/C11H15N5/c1-2-7-13-9-5-3-8(4-6-9)10-14-11(12)16-15-10/h3-6,13H,2,7H2,1H3,(H3,12,14,15,16). The smallest absolute Gasteiger partial charge is 0.219 e. The second kappa shape index (κ2) is 4.65. The first-order valence-corrected chi connectivity index (χ1v) is 5.32. The van der Waals surface area contributed by atoms with Crippen molar-refractivity contribution in [3.8, 4) is 11.4 Å². The number of hydrogen-bond donors (Lipinski definition) is 3. The summed E-state index contributed by atoms with van der Waals surface area (Å²) >= 11 is 0. The van der Waals surface area contributed by atoms with Gasteiger partial charge in [-0.2, -0.15) is 0 Å². The third-order valence-corrected chi connectivity index (χ3v) is 2.24. The first-order valence-electron chi connectivity index (χ1n) is 5.32. The lowest BCUT2D eigenvalue weighted by molar-refractivity contribution is 0.980. The Morgan fingerprint density at radius 2 is 2.00 bits per heavy atom. The molecule has 16 heavy (non-hydrogen) atoms. The number of rotatable bonds is 4. The molecule has 2 rings (SSSR count).